The number of hydrogen-bond acceptors (Lipinski definition) is 4. The van der Waals surface area contributed by atoms with Crippen LogP contribution in [0, 0.1) is 5.92 Å². The van der Waals surface area contributed by atoms with Crippen LogP contribution in [0.15, 0.2) is 30.3 Å². The van der Waals surface area contributed by atoms with Crippen molar-refractivity contribution in [1.82, 2.24) is 16.0 Å². The lowest BCUT2D eigenvalue weighted by Gasteiger charge is -2.25. The topological polar surface area (TPSA) is 113 Å². The van der Waals surface area contributed by atoms with Crippen LogP contribution in [0.25, 0.3) is 0 Å². The van der Waals surface area contributed by atoms with Crippen molar-refractivity contribution in [3.8, 4) is 0 Å². The molecule has 0 saturated heterocycles. The third-order valence-corrected chi connectivity index (χ3v) is 4.54. The van der Waals surface area contributed by atoms with Crippen LogP contribution < -0.4 is 21.7 Å². The maximum absolute atomic E-state index is 12.8. The van der Waals surface area contributed by atoms with E-state index in [-0.39, 0.29) is 23.6 Å². The summed E-state index contributed by atoms with van der Waals surface area (Å²) in [6.07, 6.45) is 2.14. The Kier molecular flexibility index (Phi) is 11.0. The zero-order chi connectivity index (χ0) is 21.8. The molecule has 0 spiro atoms. The predicted molar refractivity (Wildman–Crippen MR) is 115 cm³/mol. The van der Waals surface area contributed by atoms with Crippen LogP contribution in [0.3, 0.4) is 0 Å². The molecular weight excluding hydrogens is 368 g/mol. The van der Waals surface area contributed by atoms with Gasteiger partial charge in [-0.25, -0.2) is 0 Å². The van der Waals surface area contributed by atoms with Crippen LogP contribution in [0.4, 0.5) is 0 Å². The first kappa shape index (κ1) is 24.6. The fourth-order valence-corrected chi connectivity index (χ4v) is 3.07. The highest BCUT2D eigenvalue weighted by Gasteiger charge is 2.28. The van der Waals surface area contributed by atoms with E-state index in [4.69, 9.17) is 5.73 Å². The van der Waals surface area contributed by atoms with Crippen LogP contribution in [-0.4, -0.2) is 42.4 Å². The molecule has 0 aliphatic carbocycles. The van der Waals surface area contributed by atoms with Crippen LogP contribution in [-0.2, 0) is 20.8 Å². The minimum atomic E-state index is -0.755. The Morgan fingerprint density at radius 1 is 0.931 bits per heavy atom. The number of carbonyl (C=O) groups excluding carboxylic acids is 3. The predicted octanol–water partition coefficient (Wildman–Crippen LogP) is 1.51. The minimum Gasteiger partial charge on any atom is -0.355 e. The zero-order valence-electron chi connectivity index (χ0n) is 18.0. The number of amides is 3. The van der Waals surface area contributed by atoms with E-state index in [0.29, 0.717) is 25.8 Å². The van der Waals surface area contributed by atoms with Crippen molar-refractivity contribution >= 4 is 17.7 Å². The summed E-state index contributed by atoms with van der Waals surface area (Å²) in [6.45, 7) is 8.23. The van der Waals surface area contributed by atoms with Crippen molar-refractivity contribution in [3.63, 3.8) is 0 Å². The maximum atomic E-state index is 12.8. The first-order valence-corrected chi connectivity index (χ1v) is 10.5. The molecule has 7 nitrogen and oxygen atoms in total. The summed E-state index contributed by atoms with van der Waals surface area (Å²) < 4.78 is 0. The number of carbonyl (C=O) groups is 3. The summed E-state index contributed by atoms with van der Waals surface area (Å²) in [5, 5.41) is 8.32. The lowest BCUT2D eigenvalue weighted by molar-refractivity contribution is -0.132. The standard InChI is InChI=1S/C22H36N4O3/c1-5-10-18(21(28)24-6-2)25-22(29)19(13-15(3)4)26-20(27)17(23)14-16-11-8-7-9-12-16/h7-9,11-12,15,17-19H,5-6,10,13-14,23H2,1-4H3,(H,24,28)(H,25,29)(H,26,27)/t17-,18-,19-/m0/s1. The fourth-order valence-electron chi connectivity index (χ4n) is 3.07. The van der Waals surface area contributed by atoms with Crippen molar-refractivity contribution in [3.05, 3.63) is 35.9 Å². The molecule has 5 N–H and O–H groups in total. The Morgan fingerprint density at radius 2 is 1.55 bits per heavy atom. The van der Waals surface area contributed by atoms with Crippen LogP contribution in [0.2, 0.25) is 0 Å². The van der Waals surface area contributed by atoms with Gasteiger partial charge in [-0.3, -0.25) is 14.4 Å². The van der Waals surface area contributed by atoms with Gasteiger partial charge in [-0.2, -0.15) is 0 Å². The van der Waals surface area contributed by atoms with Gasteiger partial charge in [-0.1, -0.05) is 57.5 Å². The van der Waals surface area contributed by atoms with Gasteiger partial charge in [0.15, 0.2) is 0 Å². The summed E-state index contributed by atoms with van der Waals surface area (Å²) >= 11 is 0. The number of nitrogens with one attached hydrogen (secondary N) is 3. The van der Waals surface area contributed by atoms with Gasteiger partial charge in [0.2, 0.25) is 17.7 Å². The van der Waals surface area contributed by atoms with Crippen molar-refractivity contribution < 1.29 is 14.4 Å². The molecule has 0 bridgehead atoms. The largest absolute Gasteiger partial charge is 0.355 e. The van der Waals surface area contributed by atoms with E-state index in [1.165, 1.54) is 0 Å². The molecule has 1 rings (SSSR count). The molecule has 29 heavy (non-hydrogen) atoms. The average Bonchev–Trinajstić information content (AvgIpc) is 2.67. The van der Waals surface area contributed by atoms with Gasteiger partial charge in [-0.05, 0) is 37.7 Å². The first-order valence-electron chi connectivity index (χ1n) is 10.5. The summed E-state index contributed by atoms with van der Waals surface area (Å²) in [5.41, 5.74) is 7.02. The second-order valence-electron chi connectivity index (χ2n) is 7.73. The molecule has 1 aromatic rings. The molecule has 0 aliphatic heterocycles. The molecule has 7 heteroatoms. The Bertz CT molecular complexity index is 649. The van der Waals surface area contributed by atoms with Gasteiger partial charge in [0.1, 0.15) is 12.1 Å². The lowest BCUT2D eigenvalue weighted by Crippen LogP contribution is -2.56. The smallest absolute Gasteiger partial charge is 0.243 e. The fraction of sp³-hybridized carbons (Fsp3) is 0.591. The molecule has 3 atom stereocenters. The Labute approximate surface area is 174 Å². The molecule has 0 unspecified atom stereocenters. The van der Waals surface area contributed by atoms with E-state index in [1.807, 2.05) is 58.0 Å². The second kappa shape index (κ2) is 12.9. The van der Waals surface area contributed by atoms with Crippen LogP contribution in [0.5, 0.6) is 0 Å². The Morgan fingerprint density at radius 3 is 2.10 bits per heavy atom. The van der Waals surface area contributed by atoms with Crippen molar-refractivity contribution in [2.75, 3.05) is 6.54 Å². The van der Waals surface area contributed by atoms with E-state index in [2.05, 4.69) is 16.0 Å². The van der Waals surface area contributed by atoms with Gasteiger partial charge < -0.3 is 21.7 Å². The molecule has 0 fully saturated rings. The summed E-state index contributed by atoms with van der Waals surface area (Å²) in [7, 11) is 0. The number of benzene rings is 1. The third-order valence-electron chi connectivity index (χ3n) is 4.54. The molecule has 162 valence electrons. The van der Waals surface area contributed by atoms with E-state index < -0.39 is 18.1 Å². The molecule has 0 aromatic heterocycles. The van der Waals surface area contributed by atoms with Gasteiger partial charge in [0.25, 0.3) is 0 Å². The SMILES string of the molecule is CCC[C@H](NC(=O)[C@H](CC(C)C)NC(=O)[C@@H](N)Cc1ccccc1)C(=O)NCC. The molecule has 0 saturated carbocycles. The normalized spacial score (nSPS) is 14.0. The van der Waals surface area contributed by atoms with E-state index in [0.717, 1.165) is 12.0 Å². The van der Waals surface area contributed by atoms with Gasteiger partial charge in [-0.15, -0.1) is 0 Å². The Hall–Kier alpha value is -2.41. The summed E-state index contributed by atoms with van der Waals surface area (Å²) in [5.74, 6) is -0.757. The zero-order valence-corrected chi connectivity index (χ0v) is 18.0. The van der Waals surface area contributed by atoms with E-state index >= 15 is 0 Å². The molecule has 0 radical (unpaired) electrons. The number of hydrogen-bond donors (Lipinski definition) is 4. The van der Waals surface area contributed by atoms with E-state index in [1.54, 1.807) is 0 Å². The summed E-state index contributed by atoms with van der Waals surface area (Å²) in [4.78, 5) is 37.7. The molecule has 0 heterocycles. The highest BCUT2D eigenvalue weighted by atomic mass is 16.2. The molecular formula is C22H36N4O3. The molecule has 1 aromatic carbocycles. The lowest BCUT2D eigenvalue weighted by atomic mass is 10.0. The number of nitrogens with two attached hydrogens (primary N) is 1. The number of rotatable bonds is 12. The first-order chi connectivity index (χ1) is 13.8. The molecule has 0 aliphatic rings. The molecule has 3 amide bonds. The van der Waals surface area contributed by atoms with Crippen molar-refractivity contribution in [2.24, 2.45) is 11.7 Å². The average molecular weight is 405 g/mol. The van der Waals surface area contributed by atoms with Crippen LogP contribution in [0.1, 0.15) is 52.5 Å². The highest BCUT2D eigenvalue weighted by Crippen LogP contribution is 2.08. The third kappa shape index (κ3) is 9.09. The second-order valence-corrected chi connectivity index (χ2v) is 7.73. The summed E-state index contributed by atoms with van der Waals surface area (Å²) in [6, 6.07) is 7.40. The Balaban J connectivity index is 2.79. The number of likely N-dealkylation sites (N-methyl/N-ethyl adjacent to an activating group) is 1. The van der Waals surface area contributed by atoms with Crippen molar-refractivity contribution in [1.29, 1.82) is 0 Å². The highest BCUT2D eigenvalue weighted by molar-refractivity contribution is 5.93. The van der Waals surface area contributed by atoms with Gasteiger partial charge in [0, 0.05) is 6.54 Å². The minimum absolute atomic E-state index is 0.186. The van der Waals surface area contributed by atoms with Crippen molar-refractivity contribution in [2.45, 2.75) is 71.5 Å². The quantitative estimate of drug-likeness (QED) is 0.423. The van der Waals surface area contributed by atoms with Gasteiger partial charge in [0.05, 0.1) is 6.04 Å². The van der Waals surface area contributed by atoms with Gasteiger partial charge >= 0.3 is 0 Å². The van der Waals surface area contributed by atoms with E-state index in [9.17, 15) is 14.4 Å². The van der Waals surface area contributed by atoms with Crippen LogP contribution >= 0.6 is 0 Å². The maximum Gasteiger partial charge on any atom is 0.243 e. The monoisotopic (exact) mass is 404 g/mol.